The van der Waals surface area contributed by atoms with Crippen LogP contribution in [-0.2, 0) is 9.59 Å². The van der Waals surface area contributed by atoms with Crippen molar-refractivity contribution in [2.24, 2.45) is 5.92 Å². The summed E-state index contributed by atoms with van der Waals surface area (Å²) in [5, 5.41) is 0. The molecule has 0 saturated carbocycles. The fourth-order valence-corrected chi connectivity index (χ4v) is 3.47. The van der Waals surface area contributed by atoms with Crippen LogP contribution in [0.2, 0.25) is 0 Å². The summed E-state index contributed by atoms with van der Waals surface area (Å²) in [6.07, 6.45) is 0.0166. The summed E-state index contributed by atoms with van der Waals surface area (Å²) in [5.41, 5.74) is 6.61. The van der Waals surface area contributed by atoms with E-state index in [1.807, 2.05) is 19.1 Å². The summed E-state index contributed by atoms with van der Waals surface area (Å²) in [5.74, 6) is -0.481. The minimum absolute atomic E-state index is 0.0166. The van der Waals surface area contributed by atoms with Gasteiger partial charge in [-0.25, -0.2) is 0 Å². The van der Waals surface area contributed by atoms with E-state index in [1.54, 1.807) is 24.3 Å². The maximum atomic E-state index is 12.6. The number of nitrogens with one attached hydrogen (secondary N) is 2. The van der Waals surface area contributed by atoms with Gasteiger partial charge < -0.3 is 19.1 Å². The molecule has 3 rings (SSSR count). The Morgan fingerprint density at radius 1 is 1.00 bits per heavy atom. The maximum absolute atomic E-state index is 12.6. The Hall–Kier alpha value is -3.75. The van der Waals surface area contributed by atoms with Crippen molar-refractivity contribution in [2.75, 3.05) is 32.8 Å². The van der Waals surface area contributed by atoms with Gasteiger partial charge in [-0.1, -0.05) is 18.2 Å². The summed E-state index contributed by atoms with van der Waals surface area (Å²) in [4.78, 5) is 38.9. The van der Waals surface area contributed by atoms with Gasteiger partial charge in [0.05, 0.1) is 32.9 Å². The molecule has 2 aromatic rings. The largest absolute Gasteiger partial charge is 0.493 e. The average molecular weight is 427 g/mol. The number of carbonyl (C=O) groups excluding carboxylic acids is 3. The van der Waals surface area contributed by atoms with Crippen molar-refractivity contribution >= 4 is 23.4 Å². The Bertz CT molecular complexity index is 981. The molecule has 0 radical (unpaired) electrons. The van der Waals surface area contributed by atoms with Gasteiger partial charge in [0.1, 0.15) is 0 Å². The van der Waals surface area contributed by atoms with Crippen LogP contribution >= 0.6 is 0 Å². The lowest BCUT2D eigenvalue weighted by Crippen LogP contribution is -2.45. The zero-order valence-electron chi connectivity index (χ0n) is 17.9. The first-order valence-corrected chi connectivity index (χ1v) is 9.65. The summed E-state index contributed by atoms with van der Waals surface area (Å²) in [6.45, 7) is 1.96. The summed E-state index contributed by atoms with van der Waals surface area (Å²) in [6, 6.07) is 10.4. The number of hydrazine groups is 1. The van der Waals surface area contributed by atoms with E-state index in [4.69, 9.17) is 14.2 Å². The first-order valence-electron chi connectivity index (χ1n) is 9.65. The van der Waals surface area contributed by atoms with Crippen molar-refractivity contribution in [3.05, 3.63) is 47.5 Å². The molecule has 1 unspecified atom stereocenters. The molecule has 3 amide bonds. The van der Waals surface area contributed by atoms with Crippen molar-refractivity contribution in [2.45, 2.75) is 13.3 Å². The maximum Gasteiger partial charge on any atom is 0.269 e. The van der Waals surface area contributed by atoms with E-state index in [0.717, 1.165) is 5.56 Å². The van der Waals surface area contributed by atoms with Crippen LogP contribution in [0.5, 0.6) is 17.2 Å². The monoisotopic (exact) mass is 427 g/mol. The van der Waals surface area contributed by atoms with Crippen molar-refractivity contribution in [3.8, 4) is 17.2 Å². The van der Waals surface area contributed by atoms with Gasteiger partial charge in [0, 0.05) is 30.7 Å². The molecule has 1 saturated heterocycles. The van der Waals surface area contributed by atoms with Gasteiger partial charge in [-0.2, -0.15) is 0 Å². The van der Waals surface area contributed by atoms with Crippen LogP contribution in [0.1, 0.15) is 22.3 Å². The van der Waals surface area contributed by atoms with Gasteiger partial charge in [0.25, 0.3) is 5.91 Å². The van der Waals surface area contributed by atoms with Gasteiger partial charge in [0.15, 0.2) is 11.5 Å². The molecule has 1 atom stereocenters. The second-order valence-electron chi connectivity index (χ2n) is 7.05. The molecule has 1 heterocycles. The number of hydrogen-bond donors (Lipinski definition) is 2. The second-order valence-corrected chi connectivity index (χ2v) is 7.05. The number of rotatable bonds is 6. The first kappa shape index (κ1) is 21.9. The number of hydrogen-bond acceptors (Lipinski definition) is 6. The normalized spacial score (nSPS) is 15.4. The highest BCUT2D eigenvalue weighted by molar-refractivity contribution is 6.02. The fourth-order valence-electron chi connectivity index (χ4n) is 3.47. The smallest absolute Gasteiger partial charge is 0.269 e. The molecule has 2 N–H and O–H groups in total. The van der Waals surface area contributed by atoms with Crippen LogP contribution < -0.4 is 30.0 Å². The Balaban J connectivity index is 1.69. The third-order valence-electron chi connectivity index (χ3n) is 5.15. The van der Waals surface area contributed by atoms with E-state index in [0.29, 0.717) is 28.5 Å². The van der Waals surface area contributed by atoms with E-state index in [-0.39, 0.29) is 18.9 Å². The van der Waals surface area contributed by atoms with Crippen LogP contribution in [0.15, 0.2) is 36.4 Å². The van der Waals surface area contributed by atoms with Crippen LogP contribution in [0.4, 0.5) is 5.69 Å². The Morgan fingerprint density at radius 3 is 2.23 bits per heavy atom. The van der Waals surface area contributed by atoms with Crippen LogP contribution in [0, 0.1) is 12.8 Å². The highest BCUT2D eigenvalue weighted by Gasteiger charge is 2.36. The lowest BCUT2D eigenvalue weighted by atomic mass is 10.1. The van der Waals surface area contributed by atoms with Crippen LogP contribution in [0.3, 0.4) is 0 Å². The number of anilines is 1. The van der Waals surface area contributed by atoms with E-state index < -0.39 is 17.7 Å². The number of nitrogens with zero attached hydrogens (tertiary/aromatic N) is 1. The van der Waals surface area contributed by atoms with Gasteiger partial charge in [-0.05, 0) is 18.6 Å². The molecule has 9 heteroatoms. The Labute approximate surface area is 180 Å². The SMILES string of the molecule is COc1cc(N2CC(C(=O)NNC(=O)c3ccccc3C)CC2=O)cc(OC)c1OC. The predicted octanol–water partition coefficient (Wildman–Crippen LogP) is 1.83. The van der Waals surface area contributed by atoms with Crippen LogP contribution in [-0.4, -0.2) is 45.6 Å². The second kappa shape index (κ2) is 9.38. The molecule has 164 valence electrons. The van der Waals surface area contributed by atoms with Crippen molar-refractivity contribution in [3.63, 3.8) is 0 Å². The summed E-state index contributed by atoms with van der Waals surface area (Å²) in [7, 11) is 4.47. The van der Waals surface area contributed by atoms with Crippen molar-refractivity contribution < 1.29 is 28.6 Å². The van der Waals surface area contributed by atoms with E-state index >= 15 is 0 Å². The minimum atomic E-state index is -0.622. The van der Waals surface area contributed by atoms with Crippen LogP contribution in [0.25, 0.3) is 0 Å². The number of methoxy groups -OCH3 is 3. The highest BCUT2D eigenvalue weighted by atomic mass is 16.5. The molecule has 0 aromatic heterocycles. The van der Waals surface area contributed by atoms with Crippen molar-refractivity contribution in [1.29, 1.82) is 0 Å². The number of aryl methyl sites for hydroxylation is 1. The Morgan fingerprint density at radius 2 is 1.65 bits per heavy atom. The zero-order chi connectivity index (χ0) is 22.5. The van der Waals surface area contributed by atoms with Crippen molar-refractivity contribution in [1.82, 2.24) is 10.9 Å². The molecule has 0 aliphatic carbocycles. The molecular formula is C22H25N3O6. The molecule has 1 aliphatic heterocycles. The zero-order valence-corrected chi connectivity index (χ0v) is 17.9. The number of benzene rings is 2. The molecule has 0 bridgehead atoms. The fraction of sp³-hybridized carbons (Fsp3) is 0.318. The summed E-state index contributed by atoms with van der Waals surface area (Å²) >= 11 is 0. The highest BCUT2D eigenvalue weighted by Crippen LogP contribution is 2.42. The first-order chi connectivity index (χ1) is 14.9. The van der Waals surface area contributed by atoms with E-state index in [9.17, 15) is 14.4 Å². The molecule has 31 heavy (non-hydrogen) atoms. The van der Waals surface area contributed by atoms with E-state index in [2.05, 4.69) is 10.9 Å². The molecule has 9 nitrogen and oxygen atoms in total. The van der Waals surface area contributed by atoms with Gasteiger partial charge in [-0.15, -0.1) is 0 Å². The molecule has 0 spiro atoms. The molecule has 1 fully saturated rings. The van der Waals surface area contributed by atoms with Gasteiger partial charge in [0.2, 0.25) is 17.6 Å². The third-order valence-corrected chi connectivity index (χ3v) is 5.15. The molecule has 1 aliphatic rings. The summed E-state index contributed by atoms with van der Waals surface area (Å²) < 4.78 is 16.0. The predicted molar refractivity (Wildman–Crippen MR) is 113 cm³/mol. The molecular weight excluding hydrogens is 402 g/mol. The minimum Gasteiger partial charge on any atom is -0.493 e. The lowest BCUT2D eigenvalue weighted by molar-refractivity contribution is -0.126. The standard InChI is InChI=1S/C22H25N3O6/c1-13-7-5-6-8-16(13)22(28)24-23-21(27)14-9-19(26)25(12-14)15-10-17(29-2)20(31-4)18(11-15)30-3/h5-8,10-11,14H,9,12H2,1-4H3,(H,23,27)(H,24,28). The molecule has 2 aromatic carbocycles. The van der Waals surface area contributed by atoms with Gasteiger partial charge in [-0.3, -0.25) is 25.2 Å². The topological polar surface area (TPSA) is 106 Å². The lowest BCUT2D eigenvalue weighted by Gasteiger charge is -2.20. The Kier molecular flexibility index (Phi) is 6.64. The van der Waals surface area contributed by atoms with Gasteiger partial charge >= 0.3 is 0 Å². The van der Waals surface area contributed by atoms with E-state index in [1.165, 1.54) is 26.2 Å². The number of ether oxygens (including phenoxy) is 3. The number of carbonyl (C=O) groups is 3. The average Bonchev–Trinajstić information content (AvgIpc) is 3.18. The third kappa shape index (κ3) is 4.55. The number of amides is 3. The quantitative estimate of drug-likeness (QED) is 0.682.